The van der Waals surface area contributed by atoms with Gasteiger partial charge in [0.25, 0.3) is 0 Å². The zero-order valence-electron chi connectivity index (χ0n) is 59.7. The third-order valence-corrected chi connectivity index (χ3v) is 17.7. The van der Waals surface area contributed by atoms with Crippen LogP contribution in [0.3, 0.4) is 0 Å². The van der Waals surface area contributed by atoms with E-state index in [0.717, 1.165) is 64.2 Å². The van der Waals surface area contributed by atoms with E-state index in [1.54, 1.807) is 6.92 Å². The molecule has 15 unspecified atom stereocenters. The molecule has 17 N–H and O–H groups in total. The number of ether oxygens (including phenoxy) is 9. The molecular weight excluding hydrogens is 1330 g/mol. The molecule has 34 nitrogen and oxygen atoms in total. The monoisotopic (exact) mass is 1450 g/mol. The third kappa shape index (κ3) is 37.7. The summed E-state index contributed by atoms with van der Waals surface area (Å²) in [5.41, 5.74) is -0.278. The van der Waals surface area contributed by atoms with Crippen LogP contribution >= 0.6 is 0 Å². The Labute approximate surface area is 593 Å². The normalized spacial score (nSPS) is 25.5. The minimum atomic E-state index is -1.43. The summed E-state index contributed by atoms with van der Waals surface area (Å²) in [6, 6.07) is -2.13. The molecule has 101 heavy (non-hydrogen) atoms. The van der Waals surface area contributed by atoms with Gasteiger partial charge in [0.05, 0.1) is 65.6 Å². The molecular formula is C67H122N8O26. The fraction of sp³-hybridized carbons (Fsp3) is 0.881. The number of carbonyl (C=O) groups excluding carboxylic acids is 8. The van der Waals surface area contributed by atoms with Crippen molar-refractivity contribution < 1.29 is 127 Å². The minimum absolute atomic E-state index is 0.0592. The Morgan fingerprint density at radius 2 is 0.634 bits per heavy atom. The van der Waals surface area contributed by atoms with Crippen molar-refractivity contribution in [3.05, 3.63) is 0 Å². The first-order valence-corrected chi connectivity index (χ1v) is 36.2. The van der Waals surface area contributed by atoms with Gasteiger partial charge in [-0.05, 0) is 102 Å². The number of rotatable bonds is 53. The summed E-state index contributed by atoms with van der Waals surface area (Å²) in [6.07, 6.45) is -1.35. The van der Waals surface area contributed by atoms with E-state index < -0.39 is 142 Å². The van der Waals surface area contributed by atoms with E-state index in [-0.39, 0.29) is 82.0 Å². The number of carbonyl (C=O) groups is 8. The van der Waals surface area contributed by atoms with Crippen molar-refractivity contribution in [1.82, 2.24) is 42.5 Å². The van der Waals surface area contributed by atoms with Crippen LogP contribution in [0.2, 0.25) is 0 Å². The molecule has 34 heteroatoms. The van der Waals surface area contributed by atoms with E-state index in [9.17, 15) is 84.3 Å². The number of aliphatic hydroxyl groups is 9. The zero-order chi connectivity index (χ0) is 74.4. The summed E-state index contributed by atoms with van der Waals surface area (Å²) < 4.78 is 50.1. The Bertz CT molecular complexity index is 2230. The number of hydrogen-bond acceptors (Lipinski definition) is 26. The number of unbranched alkanes of at least 4 members (excludes halogenated alkanes) is 9. The maximum absolute atomic E-state index is 12.6. The lowest BCUT2D eigenvalue weighted by Crippen LogP contribution is -2.64. The van der Waals surface area contributed by atoms with Gasteiger partial charge >= 0.3 is 18.3 Å². The molecule has 0 saturated carbocycles. The maximum Gasteiger partial charge on any atom is 0.407 e. The van der Waals surface area contributed by atoms with Crippen molar-refractivity contribution in [3.8, 4) is 0 Å². The first-order chi connectivity index (χ1) is 48.4. The van der Waals surface area contributed by atoms with Crippen LogP contribution in [0.15, 0.2) is 0 Å². The SMILES string of the molecule is CC(=O)NC1C(OCCCC(=O)NCCCCCCNC(=O)OCCCC(C)(CCCOC(=O)NCCCCCCNC(=O)CCCOC2OC(CO)C(O)C(O)C2C)CCCOC(=O)NCCCCCCNC(=O)CCCOC2OC(CO)C(O)C(O)C2NC(C)=O)OC(CO)C(O)C1O. The topological polar surface area (TPSA) is 498 Å². The van der Waals surface area contributed by atoms with Gasteiger partial charge in [-0.1, -0.05) is 52.4 Å². The Balaban J connectivity index is 1.29. The van der Waals surface area contributed by atoms with Gasteiger partial charge < -0.3 is 131 Å². The number of aliphatic hydroxyl groups excluding tert-OH is 9. The van der Waals surface area contributed by atoms with Gasteiger partial charge in [0.2, 0.25) is 29.5 Å². The summed E-state index contributed by atoms with van der Waals surface area (Å²) in [4.78, 5) is 98.2. The molecule has 0 aromatic rings. The molecule has 3 fully saturated rings. The second-order valence-electron chi connectivity index (χ2n) is 26.5. The summed E-state index contributed by atoms with van der Waals surface area (Å²) in [6.45, 7) is 8.17. The molecule has 0 spiro atoms. The van der Waals surface area contributed by atoms with Crippen LogP contribution in [-0.4, -0.2) is 278 Å². The summed E-state index contributed by atoms with van der Waals surface area (Å²) >= 11 is 0. The Hall–Kier alpha value is -5.44. The van der Waals surface area contributed by atoms with Crippen molar-refractivity contribution in [1.29, 1.82) is 0 Å². The molecule has 3 heterocycles. The van der Waals surface area contributed by atoms with Crippen LogP contribution in [0.1, 0.15) is 182 Å². The van der Waals surface area contributed by atoms with E-state index >= 15 is 0 Å². The van der Waals surface area contributed by atoms with Crippen LogP contribution in [0.5, 0.6) is 0 Å². The standard InChI is InChI=1S/C67H122N8O26/c1-44-55(84)56(85)47(41-76)99-61(44)93-35-17-23-50(81)68-29-11-5-8-14-32-71-64(90)96-38-20-26-67(4,27-21-39-97-65(91)72-33-15-9-6-12-30-69-51(82)24-18-36-94-62-53(74-45(2)79)59(88)57(86)48(42-77)100-62)28-22-40-98-66(92)73-34-16-10-7-13-31-70-52(83)25-19-37-95-63-54(75-46(3)80)60(89)58(87)49(43-78)101-63/h44,47-49,53-63,76-78,84-89H,5-43H2,1-4H3,(H,68,81)(H,69,82)(H,70,83)(H,71,90)(H,72,91)(H,73,92)(H,74,79)(H,75,80). The van der Waals surface area contributed by atoms with Crippen LogP contribution in [0.25, 0.3) is 0 Å². The quantitative estimate of drug-likeness (QED) is 0.0279. The number of hydrogen-bond donors (Lipinski definition) is 17. The lowest BCUT2D eigenvalue weighted by molar-refractivity contribution is -0.282. The lowest BCUT2D eigenvalue weighted by atomic mass is 9.77. The van der Waals surface area contributed by atoms with Crippen molar-refractivity contribution in [2.75, 3.05) is 98.7 Å². The van der Waals surface area contributed by atoms with Crippen molar-refractivity contribution in [2.45, 2.75) is 268 Å². The second kappa shape index (κ2) is 52.5. The summed E-state index contributed by atoms with van der Waals surface area (Å²) in [7, 11) is 0. The number of amides is 8. The molecule has 0 aromatic carbocycles. The first kappa shape index (κ1) is 89.8. The highest BCUT2D eigenvalue weighted by Gasteiger charge is 2.47. The Kier molecular flexibility index (Phi) is 46.7. The van der Waals surface area contributed by atoms with E-state index in [1.165, 1.54) is 13.8 Å². The van der Waals surface area contributed by atoms with Crippen LogP contribution in [0.4, 0.5) is 14.4 Å². The second-order valence-corrected chi connectivity index (χ2v) is 26.5. The molecule has 8 amide bonds. The van der Waals surface area contributed by atoms with Gasteiger partial charge in [0, 0.05) is 78.3 Å². The average molecular weight is 1460 g/mol. The van der Waals surface area contributed by atoms with E-state index in [1.807, 2.05) is 0 Å². The van der Waals surface area contributed by atoms with Gasteiger partial charge in [0.15, 0.2) is 18.9 Å². The maximum atomic E-state index is 12.6. The molecule has 0 radical (unpaired) electrons. The van der Waals surface area contributed by atoms with Crippen LogP contribution < -0.4 is 42.5 Å². The fourth-order valence-electron chi connectivity index (χ4n) is 11.8. The Morgan fingerprint density at radius 1 is 0.356 bits per heavy atom. The summed E-state index contributed by atoms with van der Waals surface area (Å²) in [5, 5.41) is 112. The summed E-state index contributed by atoms with van der Waals surface area (Å²) in [5.74, 6) is -1.94. The highest BCUT2D eigenvalue weighted by atomic mass is 16.7. The predicted molar refractivity (Wildman–Crippen MR) is 362 cm³/mol. The molecule has 15 atom stereocenters. The van der Waals surface area contributed by atoms with Gasteiger partial charge in [-0.25, -0.2) is 14.4 Å². The number of nitrogens with one attached hydrogen (secondary N) is 8. The molecule has 0 aliphatic carbocycles. The van der Waals surface area contributed by atoms with Gasteiger partial charge in [0.1, 0.15) is 60.9 Å². The third-order valence-electron chi connectivity index (χ3n) is 17.7. The average Bonchev–Trinajstić information content (AvgIpc) is 0.823. The molecule has 0 bridgehead atoms. The van der Waals surface area contributed by atoms with Crippen LogP contribution in [-0.2, 0) is 66.6 Å². The van der Waals surface area contributed by atoms with Gasteiger partial charge in [-0.15, -0.1) is 0 Å². The Morgan fingerprint density at radius 3 is 0.931 bits per heavy atom. The highest BCUT2D eigenvalue weighted by Crippen LogP contribution is 2.35. The van der Waals surface area contributed by atoms with Gasteiger partial charge in [-0.3, -0.25) is 24.0 Å². The van der Waals surface area contributed by atoms with E-state index in [2.05, 4.69) is 49.5 Å². The van der Waals surface area contributed by atoms with Crippen molar-refractivity contribution >= 4 is 47.8 Å². The molecule has 3 saturated heterocycles. The fourth-order valence-corrected chi connectivity index (χ4v) is 11.8. The lowest BCUT2D eigenvalue weighted by Gasteiger charge is -2.42. The predicted octanol–water partition coefficient (Wildman–Crippen LogP) is -0.105. The smallest absolute Gasteiger partial charge is 0.407 e. The van der Waals surface area contributed by atoms with Gasteiger partial charge in [-0.2, -0.15) is 0 Å². The largest absolute Gasteiger partial charge is 0.450 e. The van der Waals surface area contributed by atoms with E-state index in [0.29, 0.717) is 110 Å². The molecule has 0 aromatic heterocycles. The number of alkyl carbamates (subject to hydrolysis) is 3. The van der Waals surface area contributed by atoms with E-state index in [4.69, 9.17) is 42.6 Å². The first-order valence-electron chi connectivity index (χ1n) is 36.2. The van der Waals surface area contributed by atoms with Crippen molar-refractivity contribution in [3.63, 3.8) is 0 Å². The zero-order valence-corrected chi connectivity index (χ0v) is 59.7. The highest BCUT2D eigenvalue weighted by molar-refractivity contribution is 5.77. The molecule has 3 aliphatic heterocycles. The minimum Gasteiger partial charge on any atom is -0.450 e. The molecule has 3 rings (SSSR count). The molecule has 3 aliphatic rings. The molecule has 586 valence electrons. The van der Waals surface area contributed by atoms with Crippen LogP contribution in [0, 0.1) is 11.3 Å². The van der Waals surface area contributed by atoms with Crippen molar-refractivity contribution in [2.24, 2.45) is 11.3 Å².